The number of nitrogens with zero attached hydrogens (tertiary/aromatic N) is 3. The van der Waals surface area contributed by atoms with Crippen molar-refractivity contribution in [1.82, 2.24) is 14.7 Å². The molecule has 0 saturated heterocycles. The second kappa shape index (κ2) is 12.4. The average molecular weight is 506 g/mol. The molecule has 0 atom stereocenters. The number of benzene rings is 2. The lowest BCUT2D eigenvalue weighted by atomic mass is 10.0. The first kappa shape index (κ1) is 16.4. The Labute approximate surface area is 220 Å². The van der Waals surface area contributed by atoms with Gasteiger partial charge in [-0.05, 0) is 26.6 Å². The van der Waals surface area contributed by atoms with Crippen LogP contribution in [0.3, 0.4) is 0 Å². The van der Waals surface area contributed by atoms with Crippen molar-refractivity contribution in [3.05, 3.63) is 66.9 Å². The summed E-state index contributed by atoms with van der Waals surface area (Å²) >= 11 is 0. The fourth-order valence-corrected chi connectivity index (χ4v) is 3.52. The van der Waals surface area contributed by atoms with E-state index in [1.54, 1.807) is 4.90 Å². The van der Waals surface area contributed by atoms with Crippen molar-refractivity contribution in [2.45, 2.75) is 32.7 Å². The lowest BCUT2D eigenvalue weighted by Crippen LogP contribution is -2.33. The maximum Gasteiger partial charge on any atom is 0.259 e. The normalized spacial score (nSPS) is 16.8. The third kappa shape index (κ3) is 8.15. The number of carbonyl (C=O) groups is 1. The first-order valence-corrected chi connectivity index (χ1v) is 12.2. The molecule has 0 radical (unpaired) electrons. The molecule has 1 amide bonds. The van der Waals surface area contributed by atoms with Crippen LogP contribution >= 0.6 is 0 Å². The summed E-state index contributed by atoms with van der Waals surface area (Å²) in [5.41, 5.74) is 2.79. The van der Waals surface area contributed by atoms with Crippen molar-refractivity contribution in [1.29, 1.82) is 0 Å². The predicted molar refractivity (Wildman–Crippen MR) is 138 cm³/mol. The molecule has 0 fully saturated rings. The highest BCUT2D eigenvalue weighted by Crippen LogP contribution is 2.30. The lowest BCUT2D eigenvalue weighted by molar-refractivity contribution is -0.123. The predicted octanol–water partition coefficient (Wildman–Crippen LogP) is 3.90. The smallest absolute Gasteiger partial charge is 0.259 e. The molecule has 0 aliphatic rings. The summed E-state index contributed by atoms with van der Waals surface area (Å²) in [5.74, 6) is -1.76. The summed E-state index contributed by atoms with van der Waals surface area (Å²) in [6, 6.07) is 18.4. The second-order valence-electron chi connectivity index (χ2n) is 7.61. The number of rotatable bonds is 12. The maximum absolute atomic E-state index is 12.2. The molecule has 0 bridgehead atoms. The number of carbonyl (C=O) groups excluding carboxylic acids is 1. The largest absolute Gasteiger partial charge is 0.372 e. The minimum Gasteiger partial charge on any atom is -0.372 e. The summed E-state index contributed by atoms with van der Waals surface area (Å²) < 4.78 is 98.2. The Balaban J connectivity index is 1.87. The molecule has 0 unspecified atom stereocenters. The first-order chi connectivity index (χ1) is 20.2. The van der Waals surface area contributed by atoms with Gasteiger partial charge >= 0.3 is 0 Å². The van der Waals surface area contributed by atoms with Crippen LogP contribution in [0, 0.1) is 0 Å². The van der Waals surface area contributed by atoms with E-state index in [2.05, 4.69) is 9.72 Å². The summed E-state index contributed by atoms with van der Waals surface area (Å²) in [4.78, 5) is 23.4. The van der Waals surface area contributed by atoms with Gasteiger partial charge in [-0.2, -0.15) is 0 Å². The fraction of sp³-hybridized carbons (Fsp3) is 0.346. The molecule has 0 saturated carbocycles. The number of amides is 1. The number of hydrogen-bond acceptors (Lipinski definition) is 7. The van der Waals surface area contributed by atoms with E-state index in [0.717, 1.165) is 15.8 Å². The number of aromatic nitrogens is 2. The molecular formula is C26H32N4O4S. The number of nitrogens with one attached hydrogen (secondary N) is 1. The van der Waals surface area contributed by atoms with Crippen LogP contribution in [0.2, 0.25) is 0 Å². The van der Waals surface area contributed by atoms with Gasteiger partial charge in [-0.15, -0.1) is 0 Å². The molecule has 0 aliphatic carbocycles. The van der Waals surface area contributed by atoms with E-state index in [1.165, 1.54) is 6.20 Å². The number of sulfonamides is 1. The van der Waals surface area contributed by atoms with Gasteiger partial charge in [0, 0.05) is 37.1 Å². The van der Waals surface area contributed by atoms with E-state index in [1.807, 2.05) is 74.5 Å². The summed E-state index contributed by atoms with van der Waals surface area (Å²) in [5, 5.41) is 0. The molecule has 1 aromatic heterocycles. The minimum absolute atomic E-state index is 0.149. The molecule has 1 N–H and O–H groups in total. The maximum atomic E-state index is 12.2. The highest BCUT2D eigenvalue weighted by molar-refractivity contribution is 7.89. The van der Waals surface area contributed by atoms with E-state index >= 15 is 0 Å². The standard InChI is InChI=1S/C26H32N4O4S/c1-20(2)30(16-10-11-17-34-19-24(31)29-35(3,32)33)23-18-27-25(21-12-6-4-7-13-21)26(28-23)22-14-8-5-9-15-22/h4-9,12-15,18,20H,10-11,16-17,19H2,1-3H3,(H,29,31)/i3D3,11D2,17D2,19D2. The number of anilines is 1. The molecule has 3 rings (SSSR count). The lowest BCUT2D eigenvalue weighted by Gasteiger charge is -2.28. The molecule has 9 heteroatoms. The average Bonchev–Trinajstić information content (AvgIpc) is 2.92. The molecule has 0 aliphatic heterocycles. The van der Waals surface area contributed by atoms with E-state index < -0.39 is 48.0 Å². The van der Waals surface area contributed by atoms with Crippen molar-refractivity contribution in [3.63, 3.8) is 0 Å². The van der Waals surface area contributed by atoms with Crippen LogP contribution in [0.25, 0.3) is 22.5 Å². The van der Waals surface area contributed by atoms with E-state index in [-0.39, 0.29) is 12.6 Å². The SMILES string of the molecule is [2H]C([2H])(OC([2H])([2H])C([2H])([2H])CCN(c1cnc(-c2ccccc2)c(-c2ccccc2)n1)C(C)C)C(=O)NS(=O)(=O)C([2H])([2H])[2H]. The van der Waals surface area contributed by atoms with Crippen LogP contribution < -0.4 is 9.62 Å². The van der Waals surface area contributed by atoms with Gasteiger partial charge in [0.25, 0.3) is 5.91 Å². The highest BCUT2D eigenvalue weighted by Gasteiger charge is 2.17. The molecule has 35 heavy (non-hydrogen) atoms. The second-order valence-corrected chi connectivity index (χ2v) is 8.82. The van der Waals surface area contributed by atoms with Gasteiger partial charge in [0.15, 0.2) is 0 Å². The highest BCUT2D eigenvalue weighted by atomic mass is 32.2. The third-order valence-electron chi connectivity index (χ3n) is 4.74. The molecule has 1 heterocycles. The Kier molecular flexibility index (Phi) is 5.81. The van der Waals surface area contributed by atoms with Crippen LogP contribution in [-0.4, -0.2) is 56.2 Å². The summed E-state index contributed by atoms with van der Waals surface area (Å²) in [6.07, 6.45) is -5.72. The zero-order chi connectivity index (χ0) is 33.1. The van der Waals surface area contributed by atoms with Crippen molar-refractivity contribution in [2.75, 3.05) is 30.7 Å². The molecule has 2 aromatic carbocycles. The van der Waals surface area contributed by atoms with Crippen LogP contribution in [-0.2, 0) is 19.6 Å². The van der Waals surface area contributed by atoms with Gasteiger partial charge < -0.3 is 9.64 Å². The first-order valence-electron chi connectivity index (χ1n) is 15.2. The zero-order valence-electron chi connectivity index (χ0n) is 28.2. The van der Waals surface area contributed by atoms with Gasteiger partial charge in [0.2, 0.25) is 10.0 Å². The minimum atomic E-state index is -5.33. The third-order valence-corrected chi connectivity index (χ3v) is 5.20. The topological polar surface area (TPSA) is 101 Å². The Bertz CT molecular complexity index is 1560. The fourth-order valence-electron chi connectivity index (χ4n) is 3.24. The van der Waals surface area contributed by atoms with Crippen LogP contribution in [0.4, 0.5) is 5.82 Å². The van der Waals surface area contributed by atoms with Gasteiger partial charge in [-0.3, -0.25) is 14.5 Å². The van der Waals surface area contributed by atoms with Crippen LogP contribution in [0.15, 0.2) is 66.9 Å². The monoisotopic (exact) mass is 505 g/mol. The zero-order valence-corrected chi connectivity index (χ0v) is 20.0. The van der Waals surface area contributed by atoms with Crippen molar-refractivity contribution < 1.29 is 30.3 Å². The Morgan fingerprint density at radius 3 is 2.31 bits per heavy atom. The van der Waals surface area contributed by atoms with E-state index in [9.17, 15) is 13.2 Å². The van der Waals surface area contributed by atoms with E-state index in [4.69, 9.17) is 17.3 Å². The molecule has 8 nitrogen and oxygen atoms in total. The molecule has 0 spiro atoms. The molecular weight excluding hydrogens is 464 g/mol. The van der Waals surface area contributed by atoms with Gasteiger partial charge in [-0.1, -0.05) is 60.7 Å². The van der Waals surface area contributed by atoms with Gasteiger partial charge in [0.1, 0.15) is 12.4 Å². The Hall–Kier alpha value is -3.30. The van der Waals surface area contributed by atoms with Crippen LogP contribution in [0.1, 0.15) is 39.0 Å². The van der Waals surface area contributed by atoms with E-state index in [0.29, 0.717) is 17.2 Å². The number of ether oxygens (including phenoxy) is 1. The molecule has 3 aromatic rings. The summed E-state index contributed by atoms with van der Waals surface area (Å²) in [7, 11) is -5.33. The Morgan fingerprint density at radius 2 is 1.71 bits per heavy atom. The van der Waals surface area contributed by atoms with Crippen molar-refractivity contribution in [2.24, 2.45) is 0 Å². The quantitative estimate of drug-likeness (QED) is 0.398. The number of hydrogen-bond donors (Lipinski definition) is 1. The van der Waals surface area contributed by atoms with Crippen LogP contribution in [0.5, 0.6) is 0 Å². The van der Waals surface area contributed by atoms with Gasteiger partial charge in [0.05, 0.1) is 29.3 Å². The summed E-state index contributed by atoms with van der Waals surface area (Å²) in [6.45, 7) is -3.76. The van der Waals surface area contributed by atoms with Crippen molar-refractivity contribution >= 4 is 21.7 Å². The molecule has 186 valence electrons. The Morgan fingerprint density at radius 1 is 1.09 bits per heavy atom. The van der Waals surface area contributed by atoms with Gasteiger partial charge in [-0.25, -0.2) is 13.4 Å². The van der Waals surface area contributed by atoms with Crippen molar-refractivity contribution in [3.8, 4) is 22.5 Å².